The Balaban J connectivity index is 0.000000461. The molecule has 0 amide bonds. The van der Waals surface area contributed by atoms with Crippen LogP contribution in [0.2, 0.25) is 0 Å². The lowest BCUT2D eigenvalue weighted by Crippen LogP contribution is -2.06. The van der Waals surface area contributed by atoms with Crippen LogP contribution < -0.4 is 0 Å². The predicted octanol–water partition coefficient (Wildman–Crippen LogP) is 2.19. The Kier molecular flexibility index (Phi) is 4.43. The van der Waals surface area contributed by atoms with Crippen LogP contribution in [0.15, 0.2) is 12.4 Å². The average molecular weight is 202 g/mol. The first-order valence-corrected chi connectivity index (χ1v) is 3.97. The van der Waals surface area contributed by atoms with Crippen LogP contribution >= 0.6 is 23.3 Å². The fourth-order valence-corrected chi connectivity index (χ4v) is 0.420. The number of H-pyrrole nitrogens is 1. The maximum atomic E-state index is 11.5. The van der Waals surface area contributed by atoms with Crippen molar-refractivity contribution in [2.75, 3.05) is 0 Å². The van der Waals surface area contributed by atoms with Crippen molar-refractivity contribution in [3.63, 3.8) is 0 Å². The molecule has 1 aromatic rings. The van der Waals surface area contributed by atoms with Crippen molar-refractivity contribution in [2.24, 2.45) is 0 Å². The summed E-state index contributed by atoms with van der Waals surface area (Å²) in [5, 5.41) is 0. The van der Waals surface area contributed by atoms with Crippen molar-refractivity contribution >= 4 is 23.3 Å². The van der Waals surface area contributed by atoms with Crippen LogP contribution in [0.1, 0.15) is 5.82 Å². The summed E-state index contributed by atoms with van der Waals surface area (Å²) in [6.07, 6.45) is -2.16. The number of imidazole rings is 1. The van der Waals surface area contributed by atoms with E-state index in [4.69, 9.17) is 0 Å². The van der Waals surface area contributed by atoms with Crippen LogP contribution in [0.5, 0.6) is 0 Å². The van der Waals surface area contributed by atoms with Gasteiger partial charge in [-0.05, 0) is 0 Å². The molecule has 2 nitrogen and oxygen atoms in total. The number of aromatic nitrogens is 2. The van der Waals surface area contributed by atoms with Gasteiger partial charge in [-0.25, -0.2) is 4.98 Å². The van der Waals surface area contributed by atoms with Crippen LogP contribution in [0.3, 0.4) is 0 Å². The Morgan fingerprint density at radius 2 is 1.91 bits per heavy atom. The number of aromatic amines is 1. The van der Waals surface area contributed by atoms with Crippen LogP contribution in [-0.2, 0) is 6.18 Å². The summed E-state index contributed by atoms with van der Waals surface area (Å²) in [6, 6.07) is 0. The number of hydrogen-bond acceptors (Lipinski definition) is 3. The maximum absolute atomic E-state index is 11.5. The van der Waals surface area contributed by atoms with E-state index in [1.54, 1.807) is 0 Å². The highest BCUT2D eigenvalue weighted by atomic mass is 33.1. The molecule has 0 atom stereocenters. The first-order valence-electron chi connectivity index (χ1n) is 2.37. The van der Waals surface area contributed by atoms with Gasteiger partial charge >= 0.3 is 6.18 Å². The molecule has 0 unspecified atom stereocenters. The minimum Gasteiger partial charge on any atom is -0.341 e. The molecule has 0 aliphatic heterocycles. The molecule has 0 radical (unpaired) electrons. The third-order valence-corrected chi connectivity index (χ3v) is 0.767. The van der Waals surface area contributed by atoms with E-state index in [-0.39, 0.29) is 0 Å². The maximum Gasteiger partial charge on any atom is 0.449 e. The second-order valence-electron chi connectivity index (χ2n) is 1.44. The van der Waals surface area contributed by atoms with E-state index >= 15 is 0 Å². The molecule has 1 rings (SSSR count). The lowest BCUT2D eigenvalue weighted by Gasteiger charge is -1.98. The van der Waals surface area contributed by atoms with E-state index in [0.29, 0.717) is 0 Å². The van der Waals surface area contributed by atoms with Crippen LogP contribution in [0, 0.1) is 0 Å². The Morgan fingerprint density at radius 1 is 1.36 bits per heavy atom. The fraction of sp³-hybridized carbons (Fsp3) is 0.250. The van der Waals surface area contributed by atoms with Gasteiger partial charge < -0.3 is 4.98 Å². The van der Waals surface area contributed by atoms with Gasteiger partial charge in [-0.1, -0.05) is 0 Å². The summed E-state index contributed by atoms with van der Waals surface area (Å²) in [5.74, 6) is -0.956. The van der Waals surface area contributed by atoms with E-state index in [0.717, 1.165) is 12.4 Å². The lowest BCUT2D eigenvalue weighted by atomic mass is 10.6. The normalized spacial score (nSPS) is 10.3. The SMILES string of the molecule is FC(F)(F)c1ncc[nH]1.SS. The topological polar surface area (TPSA) is 28.7 Å². The molecule has 0 bridgehead atoms. The van der Waals surface area contributed by atoms with Crippen molar-refractivity contribution in [3.8, 4) is 0 Å². The first kappa shape index (κ1) is 10.7. The Bertz CT molecular complexity index is 184. The van der Waals surface area contributed by atoms with Crippen molar-refractivity contribution in [2.45, 2.75) is 6.18 Å². The van der Waals surface area contributed by atoms with Crippen molar-refractivity contribution in [1.82, 2.24) is 9.97 Å². The minimum atomic E-state index is -4.34. The molecule has 0 saturated heterocycles. The van der Waals surface area contributed by atoms with Gasteiger partial charge in [0.15, 0.2) is 0 Å². The molecule has 0 aliphatic carbocycles. The molecule has 1 N–H and O–H groups in total. The molecule has 11 heavy (non-hydrogen) atoms. The van der Waals surface area contributed by atoms with Gasteiger partial charge in [-0.15, -0.1) is 23.3 Å². The van der Waals surface area contributed by atoms with Crippen LogP contribution in [-0.4, -0.2) is 9.97 Å². The van der Waals surface area contributed by atoms with Gasteiger partial charge in [0, 0.05) is 12.4 Å². The molecule has 7 heteroatoms. The average Bonchev–Trinajstić information content (AvgIpc) is 2.40. The predicted molar refractivity (Wildman–Crippen MR) is 41.6 cm³/mol. The van der Waals surface area contributed by atoms with Gasteiger partial charge in [0.2, 0.25) is 5.82 Å². The Morgan fingerprint density at radius 3 is 2.09 bits per heavy atom. The quantitative estimate of drug-likeness (QED) is 0.437. The second-order valence-corrected chi connectivity index (χ2v) is 1.44. The summed E-state index contributed by atoms with van der Waals surface area (Å²) in [6.45, 7) is 0. The van der Waals surface area contributed by atoms with Gasteiger partial charge in [-0.2, -0.15) is 13.2 Å². The molecular weight excluding hydrogens is 197 g/mol. The largest absolute Gasteiger partial charge is 0.449 e. The molecule has 0 spiro atoms. The third kappa shape index (κ3) is 3.57. The molecule has 0 saturated carbocycles. The fourth-order valence-electron chi connectivity index (χ4n) is 0.420. The van der Waals surface area contributed by atoms with Crippen molar-refractivity contribution in [3.05, 3.63) is 18.2 Å². The van der Waals surface area contributed by atoms with E-state index in [9.17, 15) is 13.2 Å². The third-order valence-electron chi connectivity index (χ3n) is 0.767. The van der Waals surface area contributed by atoms with Crippen molar-refractivity contribution < 1.29 is 13.2 Å². The molecule has 64 valence electrons. The van der Waals surface area contributed by atoms with Gasteiger partial charge in [0.05, 0.1) is 0 Å². The molecule has 1 aromatic heterocycles. The van der Waals surface area contributed by atoms with E-state index in [1.165, 1.54) is 0 Å². The zero-order chi connectivity index (χ0) is 8.91. The van der Waals surface area contributed by atoms with Gasteiger partial charge in [0.1, 0.15) is 0 Å². The zero-order valence-corrected chi connectivity index (χ0v) is 6.92. The number of halogens is 3. The minimum absolute atomic E-state index is 0.956. The van der Waals surface area contributed by atoms with Crippen LogP contribution in [0.25, 0.3) is 0 Å². The summed E-state index contributed by atoms with van der Waals surface area (Å²) < 4.78 is 34.6. The molecule has 1 heterocycles. The summed E-state index contributed by atoms with van der Waals surface area (Å²) in [7, 11) is 0. The molecule has 0 aliphatic rings. The Labute approximate surface area is 71.4 Å². The smallest absolute Gasteiger partial charge is 0.341 e. The highest BCUT2D eigenvalue weighted by molar-refractivity contribution is 8.59. The number of nitrogens with one attached hydrogen (secondary N) is 1. The Hall–Kier alpha value is -0.300. The highest BCUT2D eigenvalue weighted by Gasteiger charge is 2.33. The zero-order valence-electron chi connectivity index (χ0n) is 5.13. The summed E-state index contributed by atoms with van der Waals surface area (Å²) in [5.41, 5.74) is 0. The first-order chi connectivity index (χ1) is 5.11. The second kappa shape index (κ2) is 4.55. The lowest BCUT2D eigenvalue weighted by molar-refractivity contribution is -0.144. The number of rotatable bonds is 0. The molecule has 0 aromatic carbocycles. The van der Waals surface area contributed by atoms with E-state index in [1.807, 2.05) is 4.98 Å². The number of alkyl halides is 3. The number of thiol groups is 2. The van der Waals surface area contributed by atoms with Gasteiger partial charge in [-0.3, -0.25) is 0 Å². The van der Waals surface area contributed by atoms with Gasteiger partial charge in [0.25, 0.3) is 0 Å². The number of nitrogens with zero attached hydrogens (tertiary/aromatic N) is 1. The van der Waals surface area contributed by atoms with E-state index < -0.39 is 12.0 Å². The van der Waals surface area contributed by atoms with E-state index in [2.05, 4.69) is 28.3 Å². The standard InChI is InChI=1S/C4H3F3N2.H2S2/c5-4(6,7)3-8-1-2-9-3;1-2/h1-2H,(H,8,9);1-2H. The summed E-state index contributed by atoms with van der Waals surface area (Å²) in [4.78, 5) is 4.95. The molecular formula is C4H5F3N2S2. The number of hydrogen-bond donors (Lipinski definition) is 3. The van der Waals surface area contributed by atoms with Crippen LogP contribution in [0.4, 0.5) is 13.2 Å². The van der Waals surface area contributed by atoms with Crippen molar-refractivity contribution in [1.29, 1.82) is 0 Å². The summed E-state index contributed by atoms with van der Waals surface area (Å²) >= 11 is 6.44. The molecule has 0 fully saturated rings. The monoisotopic (exact) mass is 202 g/mol. The highest BCUT2D eigenvalue weighted by Crippen LogP contribution is 2.24.